The summed E-state index contributed by atoms with van der Waals surface area (Å²) >= 11 is 5.57. The Morgan fingerprint density at radius 1 is 1.41 bits per heavy atom. The van der Waals surface area contributed by atoms with Crippen molar-refractivity contribution in [2.75, 3.05) is 18.0 Å². The number of anilines is 1. The summed E-state index contributed by atoms with van der Waals surface area (Å²) in [4.78, 5) is 2.54. The van der Waals surface area contributed by atoms with E-state index < -0.39 is 0 Å². The van der Waals surface area contributed by atoms with E-state index in [1.165, 1.54) is 17.9 Å². The highest BCUT2D eigenvalue weighted by molar-refractivity contribution is 9.10. The molecule has 1 heterocycles. The zero-order chi connectivity index (χ0) is 12.4. The Bertz CT molecular complexity index is 377. The zero-order valence-electron chi connectivity index (χ0n) is 10.3. The summed E-state index contributed by atoms with van der Waals surface area (Å²) in [7, 11) is 0. The van der Waals surface area contributed by atoms with Gasteiger partial charge in [0.05, 0.1) is 0 Å². The number of nitrogen functional groups attached to an aromatic ring is 1. The topological polar surface area (TPSA) is 29.3 Å². The van der Waals surface area contributed by atoms with Crippen molar-refractivity contribution in [3.8, 4) is 0 Å². The van der Waals surface area contributed by atoms with Crippen LogP contribution in [0.4, 0.5) is 5.69 Å². The van der Waals surface area contributed by atoms with Gasteiger partial charge < -0.3 is 5.73 Å². The largest absolute Gasteiger partial charge is 0.399 e. The monoisotopic (exact) mass is 314 g/mol. The third-order valence-corrected chi connectivity index (χ3v) is 5.18. The van der Waals surface area contributed by atoms with Crippen molar-refractivity contribution in [3.63, 3.8) is 0 Å². The summed E-state index contributed by atoms with van der Waals surface area (Å²) in [6.45, 7) is 6.80. The SMILES string of the molecule is CC1SCCN(Cc2cc(N)cc(Br)c2)C1C. The average Bonchev–Trinajstić information content (AvgIpc) is 2.23. The normalized spacial score (nSPS) is 26.1. The van der Waals surface area contributed by atoms with Crippen LogP contribution in [0.2, 0.25) is 0 Å². The van der Waals surface area contributed by atoms with Gasteiger partial charge in [-0.05, 0) is 30.7 Å². The molecule has 0 spiro atoms. The second-order valence-corrected chi connectivity index (χ2v) is 7.08. The fraction of sp³-hybridized carbons (Fsp3) is 0.538. The number of hydrogen-bond donors (Lipinski definition) is 1. The Balaban J connectivity index is 2.09. The van der Waals surface area contributed by atoms with E-state index in [1.54, 1.807) is 0 Å². The lowest BCUT2D eigenvalue weighted by Gasteiger charge is -2.37. The van der Waals surface area contributed by atoms with Crippen LogP contribution >= 0.6 is 27.7 Å². The van der Waals surface area contributed by atoms with Gasteiger partial charge in [-0.2, -0.15) is 11.8 Å². The van der Waals surface area contributed by atoms with Gasteiger partial charge in [0.25, 0.3) is 0 Å². The van der Waals surface area contributed by atoms with Gasteiger partial charge in [-0.15, -0.1) is 0 Å². The molecule has 4 heteroatoms. The molecule has 2 unspecified atom stereocenters. The molecule has 1 aromatic carbocycles. The first-order valence-electron chi connectivity index (χ1n) is 5.97. The molecular weight excluding hydrogens is 296 g/mol. The van der Waals surface area contributed by atoms with E-state index in [9.17, 15) is 0 Å². The van der Waals surface area contributed by atoms with Crippen molar-refractivity contribution >= 4 is 33.4 Å². The van der Waals surface area contributed by atoms with Gasteiger partial charge in [0.1, 0.15) is 0 Å². The number of halogens is 1. The van der Waals surface area contributed by atoms with Crippen molar-refractivity contribution < 1.29 is 0 Å². The van der Waals surface area contributed by atoms with Crippen LogP contribution in [-0.4, -0.2) is 28.5 Å². The molecular formula is C13H19BrN2S. The summed E-state index contributed by atoms with van der Waals surface area (Å²) in [5.74, 6) is 1.23. The number of hydrogen-bond acceptors (Lipinski definition) is 3. The van der Waals surface area contributed by atoms with Gasteiger partial charge in [0.2, 0.25) is 0 Å². The standard InChI is InChI=1S/C13H19BrN2S/c1-9-10(2)17-4-3-16(9)8-11-5-12(14)7-13(15)6-11/h5-7,9-10H,3-4,8,15H2,1-2H3. The molecule has 1 aliphatic rings. The molecule has 2 atom stereocenters. The van der Waals surface area contributed by atoms with Gasteiger partial charge in [-0.3, -0.25) is 4.90 Å². The molecule has 94 valence electrons. The molecule has 1 aliphatic heterocycles. The average molecular weight is 315 g/mol. The minimum atomic E-state index is 0.633. The molecule has 17 heavy (non-hydrogen) atoms. The van der Waals surface area contributed by atoms with Crippen LogP contribution in [0.25, 0.3) is 0 Å². The van der Waals surface area contributed by atoms with E-state index in [-0.39, 0.29) is 0 Å². The van der Waals surface area contributed by atoms with Crippen LogP contribution in [-0.2, 0) is 6.54 Å². The van der Waals surface area contributed by atoms with Crippen molar-refractivity contribution in [2.24, 2.45) is 0 Å². The van der Waals surface area contributed by atoms with Gasteiger partial charge in [0, 0.05) is 40.3 Å². The van der Waals surface area contributed by atoms with Crippen LogP contribution in [0.5, 0.6) is 0 Å². The van der Waals surface area contributed by atoms with Gasteiger partial charge >= 0.3 is 0 Å². The minimum absolute atomic E-state index is 0.633. The van der Waals surface area contributed by atoms with Gasteiger partial charge in [0.15, 0.2) is 0 Å². The smallest absolute Gasteiger partial charge is 0.0328 e. The molecule has 0 radical (unpaired) electrons. The number of nitrogens with zero attached hydrogens (tertiary/aromatic N) is 1. The van der Waals surface area contributed by atoms with Gasteiger partial charge in [-0.25, -0.2) is 0 Å². The maximum atomic E-state index is 5.87. The van der Waals surface area contributed by atoms with Crippen LogP contribution in [0.15, 0.2) is 22.7 Å². The van der Waals surface area contributed by atoms with Crippen LogP contribution < -0.4 is 5.73 Å². The molecule has 0 aliphatic carbocycles. The highest BCUT2D eigenvalue weighted by Gasteiger charge is 2.24. The molecule has 1 aromatic rings. The maximum absolute atomic E-state index is 5.87. The highest BCUT2D eigenvalue weighted by Crippen LogP contribution is 2.26. The first kappa shape index (κ1) is 13.2. The fourth-order valence-electron chi connectivity index (χ4n) is 2.22. The molecule has 0 bridgehead atoms. The summed E-state index contributed by atoms with van der Waals surface area (Å²) in [5.41, 5.74) is 8.00. The molecule has 0 saturated carbocycles. The van der Waals surface area contributed by atoms with Crippen molar-refractivity contribution in [2.45, 2.75) is 31.7 Å². The number of rotatable bonds is 2. The van der Waals surface area contributed by atoms with Crippen LogP contribution in [0, 0.1) is 0 Å². The Labute approximate surface area is 116 Å². The van der Waals surface area contributed by atoms with E-state index >= 15 is 0 Å². The Hall–Kier alpha value is -0.190. The summed E-state index contributed by atoms with van der Waals surface area (Å²) in [5, 5.41) is 0.716. The highest BCUT2D eigenvalue weighted by atomic mass is 79.9. The number of nitrogens with two attached hydrogens (primary N) is 1. The summed E-state index contributed by atoms with van der Waals surface area (Å²) < 4.78 is 1.07. The number of benzene rings is 1. The maximum Gasteiger partial charge on any atom is 0.0328 e. The van der Waals surface area contributed by atoms with Crippen LogP contribution in [0.3, 0.4) is 0 Å². The molecule has 1 saturated heterocycles. The lowest BCUT2D eigenvalue weighted by atomic mass is 10.1. The van der Waals surface area contributed by atoms with E-state index in [4.69, 9.17) is 5.73 Å². The number of thioether (sulfide) groups is 1. The van der Waals surface area contributed by atoms with Crippen molar-refractivity contribution in [1.29, 1.82) is 0 Å². The quantitative estimate of drug-likeness (QED) is 0.849. The van der Waals surface area contributed by atoms with E-state index in [0.717, 1.165) is 16.7 Å². The molecule has 0 amide bonds. The first-order valence-corrected chi connectivity index (χ1v) is 7.81. The molecule has 2 rings (SSSR count). The summed E-state index contributed by atoms with van der Waals surface area (Å²) in [6, 6.07) is 6.81. The zero-order valence-corrected chi connectivity index (χ0v) is 12.7. The Morgan fingerprint density at radius 2 is 2.18 bits per heavy atom. The second kappa shape index (κ2) is 5.63. The summed E-state index contributed by atoms with van der Waals surface area (Å²) in [6.07, 6.45) is 0. The molecule has 2 N–H and O–H groups in total. The molecule has 1 fully saturated rings. The Morgan fingerprint density at radius 3 is 2.88 bits per heavy atom. The fourth-order valence-corrected chi connectivity index (χ4v) is 3.94. The predicted octanol–water partition coefficient (Wildman–Crippen LogP) is 3.36. The van der Waals surface area contributed by atoms with Crippen LogP contribution in [0.1, 0.15) is 19.4 Å². The van der Waals surface area contributed by atoms with E-state index in [1.807, 2.05) is 6.07 Å². The lowest BCUT2D eigenvalue weighted by molar-refractivity contribution is 0.204. The van der Waals surface area contributed by atoms with E-state index in [2.05, 4.69) is 58.6 Å². The third kappa shape index (κ3) is 3.39. The lowest BCUT2D eigenvalue weighted by Crippen LogP contribution is -2.43. The van der Waals surface area contributed by atoms with E-state index in [0.29, 0.717) is 11.3 Å². The second-order valence-electron chi connectivity index (χ2n) is 4.68. The third-order valence-electron chi connectivity index (χ3n) is 3.38. The Kier molecular flexibility index (Phi) is 4.39. The predicted molar refractivity (Wildman–Crippen MR) is 80.3 cm³/mol. The molecule has 0 aromatic heterocycles. The minimum Gasteiger partial charge on any atom is -0.399 e. The first-order chi connectivity index (χ1) is 8.06. The van der Waals surface area contributed by atoms with Crippen molar-refractivity contribution in [3.05, 3.63) is 28.2 Å². The molecule has 2 nitrogen and oxygen atoms in total. The van der Waals surface area contributed by atoms with Crippen molar-refractivity contribution in [1.82, 2.24) is 4.90 Å². The van der Waals surface area contributed by atoms with Gasteiger partial charge in [-0.1, -0.05) is 22.9 Å².